The Morgan fingerprint density at radius 1 is 1.33 bits per heavy atom. The first kappa shape index (κ1) is 15.3. The minimum absolute atomic E-state index is 0.0159. The molecule has 0 aliphatic carbocycles. The molecule has 0 unspecified atom stereocenters. The molecule has 21 heavy (non-hydrogen) atoms. The molecule has 0 fully saturated rings. The van der Waals surface area contributed by atoms with Gasteiger partial charge >= 0.3 is 0 Å². The number of hydrogen-bond donors (Lipinski definition) is 1. The Morgan fingerprint density at radius 3 is 2.62 bits per heavy atom. The largest absolute Gasteiger partial charge is 0.343 e. The second-order valence-corrected chi connectivity index (χ2v) is 5.39. The van der Waals surface area contributed by atoms with Gasteiger partial charge in [-0.1, -0.05) is 30.3 Å². The van der Waals surface area contributed by atoms with Crippen molar-refractivity contribution in [2.75, 3.05) is 20.6 Å². The Labute approximate surface area is 125 Å². The monoisotopic (exact) mass is 286 g/mol. The minimum Gasteiger partial charge on any atom is -0.343 e. The highest BCUT2D eigenvalue weighted by molar-refractivity contribution is 5.91. The number of aromatic nitrogens is 2. The van der Waals surface area contributed by atoms with Crippen molar-refractivity contribution in [2.45, 2.75) is 12.5 Å². The summed E-state index contributed by atoms with van der Waals surface area (Å²) in [6.45, 7) is 0.903. The molecule has 1 N–H and O–H groups in total. The van der Waals surface area contributed by atoms with Gasteiger partial charge in [0.1, 0.15) is 0 Å². The predicted octanol–water partition coefficient (Wildman–Crippen LogP) is 1.84. The van der Waals surface area contributed by atoms with Gasteiger partial charge in [0.2, 0.25) is 0 Å². The van der Waals surface area contributed by atoms with E-state index in [0.717, 1.165) is 18.5 Å². The quantitative estimate of drug-likeness (QED) is 0.881. The number of benzene rings is 1. The van der Waals surface area contributed by atoms with Crippen LogP contribution in [0.3, 0.4) is 0 Å². The molecule has 1 amide bonds. The second-order valence-electron chi connectivity index (χ2n) is 5.39. The first-order valence-corrected chi connectivity index (χ1v) is 7.06. The van der Waals surface area contributed by atoms with Crippen molar-refractivity contribution in [1.29, 1.82) is 0 Å². The molecule has 2 rings (SSSR count). The van der Waals surface area contributed by atoms with Gasteiger partial charge in [-0.3, -0.25) is 4.79 Å². The highest BCUT2D eigenvalue weighted by Gasteiger charge is 2.18. The van der Waals surface area contributed by atoms with E-state index >= 15 is 0 Å². The van der Waals surface area contributed by atoms with Gasteiger partial charge in [0.05, 0.1) is 6.04 Å². The topological polar surface area (TPSA) is 50.2 Å². The number of carbonyl (C=O) groups is 1. The van der Waals surface area contributed by atoms with E-state index < -0.39 is 0 Å². The normalized spacial score (nSPS) is 12.4. The first-order chi connectivity index (χ1) is 10.1. The molecular formula is C16H22N4O. The zero-order valence-electron chi connectivity index (χ0n) is 12.8. The lowest BCUT2D eigenvalue weighted by Gasteiger charge is -2.21. The van der Waals surface area contributed by atoms with Gasteiger partial charge in [-0.15, -0.1) is 0 Å². The molecule has 5 nitrogen and oxygen atoms in total. The summed E-state index contributed by atoms with van der Waals surface area (Å²) in [4.78, 5) is 18.6. The van der Waals surface area contributed by atoms with E-state index in [4.69, 9.17) is 0 Å². The molecule has 1 atom stereocenters. The molecule has 5 heteroatoms. The zero-order chi connectivity index (χ0) is 15.2. The maximum absolute atomic E-state index is 12.3. The molecule has 1 aromatic heterocycles. The lowest BCUT2D eigenvalue weighted by atomic mass is 10.0. The third-order valence-electron chi connectivity index (χ3n) is 3.40. The predicted molar refractivity (Wildman–Crippen MR) is 83.0 cm³/mol. The summed E-state index contributed by atoms with van der Waals surface area (Å²) in [7, 11) is 5.88. The van der Waals surface area contributed by atoms with E-state index in [1.807, 2.05) is 51.5 Å². The van der Waals surface area contributed by atoms with Gasteiger partial charge in [-0.05, 0) is 32.6 Å². The Hall–Kier alpha value is -2.14. The van der Waals surface area contributed by atoms with Crippen LogP contribution in [0.5, 0.6) is 0 Å². The van der Waals surface area contributed by atoms with Crippen molar-refractivity contribution in [1.82, 2.24) is 19.8 Å². The van der Waals surface area contributed by atoms with Gasteiger partial charge < -0.3 is 14.8 Å². The number of imidazole rings is 1. The van der Waals surface area contributed by atoms with E-state index in [1.54, 1.807) is 17.0 Å². The standard InChI is InChI=1S/C16H22N4O/c1-19(2)11-9-14(13-7-5-4-6-8-13)18-16(21)15-17-10-12-20(15)3/h4-8,10,12,14H,9,11H2,1-3H3,(H,18,21)/t14-/m0/s1. The van der Waals surface area contributed by atoms with E-state index in [0.29, 0.717) is 5.82 Å². The van der Waals surface area contributed by atoms with E-state index in [9.17, 15) is 4.79 Å². The number of rotatable bonds is 6. The van der Waals surface area contributed by atoms with E-state index in [2.05, 4.69) is 15.2 Å². The molecular weight excluding hydrogens is 264 g/mol. The van der Waals surface area contributed by atoms with Gasteiger partial charge in [-0.25, -0.2) is 4.98 Å². The van der Waals surface area contributed by atoms with E-state index in [-0.39, 0.29) is 11.9 Å². The third-order valence-corrected chi connectivity index (χ3v) is 3.40. The smallest absolute Gasteiger partial charge is 0.287 e. The first-order valence-electron chi connectivity index (χ1n) is 7.06. The zero-order valence-corrected chi connectivity index (χ0v) is 12.8. The average Bonchev–Trinajstić information content (AvgIpc) is 2.90. The van der Waals surface area contributed by atoms with E-state index in [1.165, 1.54) is 0 Å². The average molecular weight is 286 g/mol. The highest BCUT2D eigenvalue weighted by Crippen LogP contribution is 2.17. The van der Waals surface area contributed by atoms with Crippen molar-refractivity contribution in [3.05, 3.63) is 54.1 Å². The van der Waals surface area contributed by atoms with Crippen molar-refractivity contribution in [3.63, 3.8) is 0 Å². The van der Waals surface area contributed by atoms with Crippen LogP contribution in [0.1, 0.15) is 28.6 Å². The molecule has 112 valence electrons. The highest BCUT2D eigenvalue weighted by atomic mass is 16.2. The Morgan fingerprint density at radius 2 is 2.05 bits per heavy atom. The SMILES string of the molecule is CN(C)CC[C@H](NC(=O)c1nccn1C)c1ccccc1. The number of nitrogens with one attached hydrogen (secondary N) is 1. The lowest BCUT2D eigenvalue weighted by molar-refractivity contribution is 0.0919. The van der Waals surface area contributed by atoms with Crippen LogP contribution in [0.25, 0.3) is 0 Å². The van der Waals surface area contributed by atoms with Crippen LogP contribution in [-0.2, 0) is 7.05 Å². The number of hydrogen-bond acceptors (Lipinski definition) is 3. The summed E-state index contributed by atoms with van der Waals surface area (Å²) < 4.78 is 1.73. The minimum atomic E-state index is -0.143. The summed E-state index contributed by atoms with van der Waals surface area (Å²) in [5, 5.41) is 3.08. The fraction of sp³-hybridized carbons (Fsp3) is 0.375. The lowest BCUT2D eigenvalue weighted by Crippen LogP contribution is -2.32. The molecule has 0 saturated heterocycles. The summed E-state index contributed by atoms with van der Waals surface area (Å²) in [5.74, 6) is 0.288. The molecule has 1 heterocycles. The fourth-order valence-electron chi connectivity index (χ4n) is 2.20. The van der Waals surface area contributed by atoms with Crippen LogP contribution in [-0.4, -0.2) is 41.0 Å². The van der Waals surface area contributed by atoms with Crippen LogP contribution >= 0.6 is 0 Å². The summed E-state index contributed by atoms with van der Waals surface area (Å²) in [5.41, 5.74) is 1.11. The molecule has 2 aromatic rings. The summed E-state index contributed by atoms with van der Waals surface area (Å²) in [6.07, 6.45) is 4.26. The van der Waals surface area contributed by atoms with Crippen molar-refractivity contribution >= 4 is 5.91 Å². The maximum Gasteiger partial charge on any atom is 0.287 e. The molecule has 0 spiro atoms. The van der Waals surface area contributed by atoms with Crippen LogP contribution < -0.4 is 5.32 Å². The Bertz CT molecular complexity index is 577. The van der Waals surface area contributed by atoms with Crippen molar-refractivity contribution in [2.24, 2.45) is 7.05 Å². The van der Waals surface area contributed by atoms with Crippen LogP contribution in [0.2, 0.25) is 0 Å². The molecule has 0 aliphatic heterocycles. The Balaban J connectivity index is 2.12. The van der Waals surface area contributed by atoms with Gasteiger partial charge in [-0.2, -0.15) is 0 Å². The molecule has 0 bridgehead atoms. The molecule has 1 aromatic carbocycles. The van der Waals surface area contributed by atoms with Crippen molar-refractivity contribution in [3.8, 4) is 0 Å². The van der Waals surface area contributed by atoms with Gasteiger partial charge in [0.15, 0.2) is 5.82 Å². The number of nitrogens with zero attached hydrogens (tertiary/aromatic N) is 3. The summed E-state index contributed by atoms with van der Waals surface area (Å²) in [6, 6.07) is 10.0. The van der Waals surface area contributed by atoms with Crippen LogP contribution in [0.4, 0.5) is 0 Å². The van der Waals surface area contributed by atoms with Crippen LogP contribution in [0.15, 0.2) is 42.7 Å². The van der Waals surface area contributed by atoms with Gasteiger partial charge in [0, 0.05) is 19.4 Å². The third kappa shape index (κ3) is 4.16. The number of carbonyl (C=O) groups excluding carboxylic acids is 1. The van der Waals surface area contributed by atoms with Gasteiger partial charge in [0.25, 0.3) is 5.91 Å². The second kappa shape index (κ2) is 7.04. The molecule has 0 saturated carbocycles. The number of amides is 1. The fourth-order valence-corrected chi connectivity index (χ4v) is 2.20. The molecule has 0 radical (unpaired) electrons. The van der Waals surface area contributed by atoms with Crippen molar-refractivity contribution < 1.29 is 4.79 Å². The Kier molecular flexibility index (Phi) is 5.11. The maximum atomic E-state index is 12.3. The molecule has 0 aliphatic rings. The van der Waals surface area contributed by atoms with Crippen LogP contribution in [0, 0.1) is 0 Å². The number of aryl methyl sites for hydroxylation is 1. The summed E-state index contributed by atoms with van der Waals surface area (Å²) >= 11 is 0.